The number of ether oxygens (including phenoxy) is 2. The summed E-state index contributed by atoms with van der Waals surface area (Å²) in [6.07, 6.45) is 4.96. The lowest BCUT2D eigenvalue weighted by Gasteiger charge is -2.41. The molecule has 1 spiro atoms. The molecule has 1 N–H and O–H groups in total. The van der Waals surface area contributed by atoms with E-state index in [4.69, 9.17) is 14.0 Å². The molecule has 0 unspecified atom stereocenters. The number of allylic oxidation sites excluding steroid dienone is 1. The molecular formula is C27H36N4O5. The first kappa shape index (κ1) is 25.8. The lowest BCUT2D eigenvalue weighted by Crippen LogP contribution is -2.52. The average Bonchev–Trinajstić information content (AvgIpc) is 3.24. The topological polar surface area (TPSA) is 97.1 Å². The average molecular weight is 497 g/mol. The molecule has 4 heterocycles. The number of benzene rings is 1. The molecule has 36 heavy (non-hydrogen) atoms. The van der Waals surface area contributed by atoms with Crippen molar-refractivity contribution in [2.75, 3.05) is 33.9 Å². The molecule has 0 saturated carbocycles. The standard InChI is InChI=1S/C21H29N3O3.C6H7NO2/c1-5-24-20(25)23-13-15-11-16(26-3)12-17(27-4)19(15)14(2)10-18(23)21(24)6-8-22-9-7-21;1-4-6(3-8)5(2)9-7-4/h10-12,14,22H,5-9,13H2,1-4H3;3H,1-2H3/t14-;/m0./s1. The number of hydrogen-bond acceptors (Lipinski definition) is 7. The van der Waals surface area contributed by atoms with Crippen LogP contribution in [0.3, 0.4) is 0 Å². The van der Waals surface area contributed by atoms with Gasteiger partial charge in [-0.25, -0.2) is 4.79 Å². The van der Waals surface area contributed by atoms with Gasteiger partial charge < -0.3 is 24.2 Å². The number of nitrogens with zero attached hydrogens (tertiary/aromatic N) is 3. The Morgan fingerprint density at radius 1 is 1.22 bits per heavy atom. The Hall–Kier alpha value is -3.33. The van der Waals surface area contributed by atoms with Crippen LogP contribution in [0, 0.1) is 13.8 Å². The van der Waals surface area contributed by atoms with E-state index in [1.165, 1.54) is 5.70 Å². The van der Waals surface area contributed by atoms with Crippen LogP contribution in [-0.2, 0) is 6.54 Å². The number of piperidine rings is 1. The summed E-state index contributed by atoms with van der Waals surface area (Å²) in [7, 11) is 3.36. The van der Waals surface area contributed by atoms with Crippen molar-refractivity contribution in [3.05, 3.63) is 52.1 Å². The molecule has 9 heteroatoms. The van der Waals surface area contributed by atoms with Gasteiger partial charge >= 0.3 is 6.03 Å². The number of fused-ring (bicyclic) bond motifs is 3. The Morgan fingerprint density at radius 3 is 2.47 bits per heavy atom. The van der Waals surface area contributed by atoms with E-state index in [-0.39, 0.29) is 17.5 Å². The molecule has 9 nitrogen and oxygen atoms in total. The number of nitrogens with one attached hydrogen (secondary N) is 1. The van der Waals surface area contributed by atoms with Gasteiger partial charge in [-0.1, -0.05) is 18.2 Å². The third kappa shape index (κ3) is 4.25. The Labute approximate surface area is 212 Å². The quantitative estimate of drug-likeness (QED) is 0.634. The highest BCUT2D eigenvalue weighted by Gasteiger charge is 2.54. The SMILES string of the molecule is CCN1C(=O)N2Cc3cc(OC)cc(OC)c3[C@@H](C)C=C2C12CCNCC2.Cc1noc(C)c1C=O. The fourth-order valence-corrected chi connectivity index (χ4v) is 5.76. The first-order valence-electron chi connectivity index (χ1n) is 12.5. The van der Waals surface area contributed by atoms with E-state index in [0.29, 0.717) is 23.6 Å². The van der Waals surface area contributed by atoms with Crippen LogP contribution >= 0.6 is 0 Å². The van der Waals surface area contributed by atoms with E-state index in [1.54, 1.807) is 28.1 Å². The Bertz CT molecular complexity index is 1150. The van der Waals surface area contributed by atoms with Crippen LogP contribution in [0.25, 0.3) is 0 Å². The second-order valence-corrected chi connectivity index (χ2v) is 9.49. The molecule has 1 aromatic heterocycles. The Balaban J connectivity index is 0.000000286. The number of carbonyl (C=O) groups is 2. The number of carbonyl (C=O) groups excluding carboxylic acids is 2. The van der Waals surface area contributed by atoms with Gasteiger partial charge in [0.15, 0.2) is 6.29 Å². The van der Waals surface area contributed by atoms with Gasteiger partial charge in [0.25, 0.3) is 0 Å². The fourth-order valence-electron chi connectivity index (χ4n) is 5.76. The van der Waals surface area contributed by atoms with Crippen LogP contribution in [0.5, 0.6) is 11.5 Å². The zero-order chi connectivity index (χ0) is 26.0. The van der Waals surface area contributed by atoms with Crippen LogP contribution < -0.4 is 14.8 Å². The second-order valence-electron chi connectivity index (χ2n) is 9.49. The molecule has 2 fully saturated rings. The third-order valence-electron chi connectivity index (χ3n) is 7.55. The van der Waals surface area contributed by atoms with Crippen LogP contribution in [0.4, 0.5) is 4.79 Å². The monoisotopic (exact) mass is 496 g/mol. The Morgan fingerprint density at radius 2 is 1.94 bits per heavy atom. The molecule has 194 valence electrons. The van der Waals surface area contributed by atoms with E-state index in [1.807, 2.05) is 17.0 Å². The normalized spacial score (nSPS) is 20.1. The minimum Gasteiger partial charge on any atom is -0.497 e. The Kier molecular flexibility index (Phi) is 7.40. The van der Waals surface area contributed by atoms with Crippen molar-refractivity contribution in [2.45, 2.75) is 58.5 Å². The molecule has 2 aromatic rings. The van der Waals surface area contributed by atoms with Crippen LogP contribution in [0.1, 0.15) is 65.5 Å². The van der Waals surface area contributed by atoms with Crippen LogP contribution in [-0.4, -0.2) is 66.7 Å². The van der Waals surface area contributed by atoms with Gasteiger partial charge in [-0.05, 0) is 58.3 Å². The largest absolute Gasteiger partial charge is 0.497 e. The molecular weight excluding hydrogens is 460 g/mol. The molecule has 1 aromatic carbocycles. The molecule has 5 rings (SSSR count). The fraction of sp³-hybridized carbons (Fsp3) is 0.519. The van der Waals surface area contributed by atoms with Gasteiger partial charge in [-0.15, -0.1) is 0 Å². The number of likely N-dealkylation sites (N-methyl/N-ethyl adjacent to an activating group) is 1. The number of rotatable bonds is 4. The maximum Gasteiger partial charge on any atom is 0.325 e. The van der Waals surface area contributed by atoms with Crippen molar-refractivity contribution in [1.29, 1.82) is 0 Å². The number of hydrogen-bond donors (Lipinski definition) is 1. The first-order chi connectivity index (χ1) is 17.3. The number of aldehydes is 1. The highest BCUT2D eigenvalue weighted by atomic mass is 16.5. The molecule has 2 amide bonds. The maximum atomic E-state index is 13.4. The van der Waals surface area contributed by atoms with Gasteiger partial charge in [0.2, 0.25) is 0 Å². The molecule has 0 radical (unpaired) electrons. The van der Waals surface area contributed by atoms with Gasteiger partial charge in [-0.3, -0.25) is 9.69 Å². The van der Waals surface area contributed by atoms with E-state index in [2.05, 4.69) is 35.3 Å². The summed E-state index contributed by atoms with van der Waals surface area (Å²) >= 11 is 0. The van der Waals surface area contributed by atoms with Crippen molar-refractivity contribution in [3.8, 4) is 11.5 Å². The third-order valence-corrected chi connectivity index (χ3v) is 7.55. The first-order valence-corrected chi connectivity index (χ1v) is 12.5. The summed E-state index contributed by atoms with van der Waals surface area (Å²) in [5.74, 6) is 2.34. The predicted molar refractivity (Wildman–Crippen MR) is 136 cm³/mol. The lowest BCUT2D eigenvalue weighted by molar-refractivity contribution is 0.112. The summed E-state index contributed by atoms with van der Waals surface area (Å²) in [6, 6.07) is 4.10. The highest BCUT2D eigenvalue weighted by Crippen LogP contribution is 2.48. The zero-order valence-electron chi connectivity index (χ0n) is 22.0. The summed E-state index contributed by atoms with van der Waals surface area (Å²) in [6.45, 7) is 10.9. The van der Waals surface area contributed by atoms with Gasteiger partial charge in [-0.2, -0.15) is 0 Å². The molecule has 3 aliphatic rings. The summed E-state index contributed by atoms with van der Waals surface area (Å²) < 4.78 is 15.9. The highest BCUT2D eigenvalue weighted by molar-refractivity contribution is 5.83. The predicted octanol–water partition coefficient (Wildman–Crippen LogP) is 4.19. The summed E-state index contributed by atoms with van der Waals surface area (Å²) in [5.41, 5.74) is 4.45. The van der Waals surface area contributed by atoms with Crippen molar-refractivity contribution in [3.63, 3.8) is 0 Å². The van der Waals surface area contributed by atoms with E-state index >= 15 is 0 Å². The van der Waals surface area contributed by atoms with Gasteiger partial charge in [0.1, 0.15) is 17.3 Å². The second kappa shape index (κ2) is 10.3. The number of amides is 2. The number of aromatic nitrogens is 1. The van der Waals surface area contributed by atoms with E-state index < -0.39 is 0 Å². The van der Waals surface area contributed by atoms with Crippen molar-refractivity contribution >= 4 is 12.3 Å². The zero-order valence-corrected chi connectivity index (χ0v) is 22.0. The van der Waals surface area contributed by atoms with Crippen LogP contribution in [0.2, 0.25) is 0 Å². The van der Waals surface area contributed by atoms with Crippen molar-refractivity contribution in [2.24, 2.45) is 0 Å². The minimum absolute atomic E-state index is 0.118. The van der Waals surface area contributed by atoms with Gasteiger partial charge in [0.05, 0.1) is 37.6 Å². The smallest absolute Gasteiger partial charge is 0.325 e. The molecule has 0 aliphatic carbocycles. The summed E-state index contributed by atoms with van der Waals surface area (Å²) in [4.78, 5) is 27.6. The van der Waals surface area contributed by atoms with Crippen LogP contribution in [0.15, 0.2) is 28.4 Å². The lowest BCUT2D eigenvalue weighted by atomic mass is 9.82. The molecule has 2 saturated heterocycles. The summed E-state index contributed by atoms with van der Waals surface area (Å²) in [5, 5.41) is 7.03. The van der Waals surface area contributed by atoms with Gasteiger partial charge in [0, 0.05) is 29.8 Å². The molecule has 0 bridgehead atoms. The van der Waals surface area contributed by atoms with Crippen molar-refractivity contribution in [1.82, 2.24) is 20.3 Å². The number of aryl methyl sites for hydroxylation is 2. The van der Waals surface area contributed by atoms with E-state index in [0.717, 1.165) is 61.4 Å². The minimum atomic E-state index is -0.190. The molecule has 3 aliphatic heterocycles. The molecule has 1 atom stereocenters. The number of methoxy groups -OCH3 is 2. The number of urea groups is 1. The maximum absolute atomic E-state index is 13.4. The van der Waals surface area contributed by atoms with Crippen molar-refractivity contribution < 1.29 is 23.6 Å². The van der Waals surface area contributed by atoms with E-state index in [9.17, 15) is 9.59 Å².